The van der Waals surface area contributed by atoms with Crippen molar-refractivity contribution in [3.05, 3.63) is 78.1 Å². The Kier molecular flexibility index (Phi) is 6.54. The zero-order chi connectivity index (χ0) is 24.1. The summed E-state index contributed by atoms with van der Waals surface area (Å²) >= 11 is 0. The van der Waals surface area contributed by atoms with Crippen LogP contribution in [-0.2, 0) is 0 Å². The van der Waals surface area contributed by atoms with E-state index in [1.54, 1.807) is 75.7 Å². The molecular formula is C25H22N4O5. The van der Waals surface area contributed by atoms with Crippen LogP contribution >= 0.6 is 0 Å². The Hall–Kier alpha value is -4.66. The van der Waals surface area contributed by atoms with Crippen molar-refractivity contribution in [3.63, 3.8) is 0 Å². The lowest BCUT2D eigenvalue weighted by Crippen LogP contribution is -2.34. The van der Waals surface area contributed by atoms with Crippen LogP contribution in [0.1, 0.15) is 15.9 Å². The number of benzene rings is 3. The van der Waals surface area contributed by atoms with Gasteiger partial charge in [0.25, 0.3) is 5.91 Å². The number of imide groups is 1. The second kappa shape index (κ2) is 9.86. The molecule has 0 fully saturated rings. The maximum absolute atomic E-state index is 12.3. The summed E-state index contributed by atoms with van der Waals surface area (Å²) in [6, 6.07) is 16.5. The number of hydrogen-bond acceptors (Lipinski definition) is 7. The van der Waals surface area contributed by atoms with E-state index < -0.39 is 11.9 Å². The van der Waals surface area contributed by atoms with E-state index in [0.717, 1.165) is 5.56 Å². The molecule has 0 aliphatic rings. The molecule has 0 unspecified atom stereocenters. The molecule has 0 radical (unpaired) electrons. The number of fused-ring (bicyclic) bond motifs is 1. The highest BCUT2D eigenvalue weighted by atomic mass is 16.5. The number of hydrogen-bond donors (Lipinski definition) is 2. The lowest BCUT2D eigenvalue weighted by molar-refractivity contribution is 0.0966. The molecule has 2 N–H and O–H groups in total. The van der Waals surface area contributed by atoms with Crippen molar-refractivity contribution >= 4 is 28.5 Å². The molecule has 0 bridgehead atoms. The first-order valence-electron chi connectivity index (χ1n) is 10.3. The first kappa shape index (κ1) is 22.5. The largest absolute Gasteiger partial charge is 0.493 e. The van der Waals surface area contributed by atoms with Crippen LogP contribution in [0.25, 0.3) is 10.9 Å². The van der Waals surface area contributed by atoms with Gasteiger partial charge in [-0.2, -0.15) is 0 Å². The Balaban J connectivity index is 1.45. The molecule has 0 saturated heterocycles. The van der Waals surface area contributed by atoms with Crippen molar-refractivity contribution in [1.82, 2.24) is 15.3 Å². The summed E-state index contributed by atoms with van der Waals surface area (Å²) in [5.41, 5.74) is 2.34. The second-order valence-corrected chi connectivity index (χ2v) is 7.25. The Morgan fingerprint density at radius 2 is 1.59 bits per heavy atom. The SMILES string of the molecule is COc1cc2ncnc(Oc3ccc(NC(=O)NC(=O)c4ccccc4C)cc3)c2cc1OC. The molecule has 4 aromatic rings. The Labute approximate surface area is 195 Å². The lowest BCUT2D eigenvalue weighted by Gasteiger charge is -2.12. The highest BCUT2D eigenvalue weighted by molar-refractivity contribution is 6.08. The summed E-state index contributed by atoms with van der Waals surface area (Å²) in [5.74, 6) is 1.44. The van der Waals surface area contributed by atoms with Crippen LogP contribution < -0.4 is 24.8 Å². The van der Waals surface area contributed by atoms with Gasteiger partial charge in [-0.15, -0.1) is 0 Å². The number of methoxy groups -OCH3 is 2. The number of nitrogens with zero attached hydrogens (tertiary/aromatic N) is 2. The normalized spacial score (nSPS) is 10.4. The molecule has 0 atom stereocenters. The molecule has 3 aromatic carbocycles. The van der Waals surface area contributed by atoms with Crippen molar-refractivity contribution in [3.8, 4) is 23.1 Å². The van der Waals surface area contributed by atoms with Gasteiger partial charge in [-0.3, -0.25) is 10.1 Å². The summed E-state index contributed by atoms with van der Waals surface area (Å²) in [7, 11) is 3.10. The van der Waals surface area contributed by atoms with E-state index in [1.165, 1.54) is 6.33 Å². The van der Waals surface area contributed by atoms with Gasteiger partial charge in [0.1, 0.15) is 12.1 Å². The first-order valence-corrected chi connectivity index (χ1v) is 10.3. The molecule has 1 aromatic heterocycles. The molecule has 34 heavy (non-hydrogen) atoms. The molecule has 0 aliphatic heterocycles. The van der Waals surface area contributed by atoms with E-state index >= 15 is 0 Å². The topological polar surface area (TPSA) is 112 Å². The third-order valence-corrected chi connectivity index (χ3v) is 5.05. The van der Waals surface area contributed by atoms with Crippen molar-refractivity contribution in [2.75, 3.05) is 19.5 Å². The summed E-state index contributed by atoms with van der Waals surface area (Å²) in [4.78, 5) is 33.0. The molecule has 0 aliphatic carbocycles. The fourth-order valence-corrected chi connectivity index (χ4v) is 3.32. The maximum atomic E-state index is 12.3. The standard InChI is InChI=1S/C25H22N4O5/c1-15-6-4-5-7-18(15)23(30)29-25(31)28-16-8-10-17(11-9-16)34-24-19-12-21(32-2)22(33-3)13-20(19)26-14-27-24/h4-14H,1-3H3,(H2,28,29,30,31). The number of aromatic nitrogens is 2. The Bertz CT molecular complexity index is 1360. The Morgan fingerprint density at radius 1 is 0.882 bits per heavy atom. The monoisotopic (exact) mass is 458 g/mol. The molecule has 9 nitrogen and oxygen atoms in total. The van der Waals surface area contributed by atoms with E-state index in [2.05, 4.69) is 20.6 Å². The van der Waals surface area contributed by atoms with Crippen molar-refractivity contribution < 1.29 is 23.8 Å². The minimum absolute atomic E-state index is 0.341. The third-order valence-electron chi connectivity index (χ3n) is 5.05. The van der Waals surface area contributed by atoms with Gasteiger partial charge in [-0.1, -0.05) is 18.2 Å². The van der Waals surface area contributed by atoms with Gasteiger partial charge in [-0.05, 0) is 48.9 Å². The molecule has 1 heterocycles. The number of carbonyl (C=O) groups is 2. The molecule has 4 rings (SSSR count). The smallest absolute Gasteiger partial charge is 0.326 e. The number of ether oxygens (including phenoxy) is 3. The number of anilines is 1. The molecule has 0 saturated carbocycles. The van der Waals surface area contributed by atoms with Crippen molar-refractivity contribution in [2.45, 2.75) is 6.92 Å². The van der Waals surface area contributed by atoms with Crippen LogP contribution in [0.15, 0.2) is 67.0 Å². The van der Waals surface area contributed by atoms with Gasteiger partial charge in [-0.25, -0.2) is 14.8 Å². The van der Waals surface area contributed by atoms with Crippen LogP contribution in [0.5, 0.6) is 23.1 Å². The maximum Gasteiger partial charge on any atom is 0.326 e. The van der Waals surface area contributed by atoms with Crippen LogP contribution in [-0.4, -0.2) is 36.1 Å². The summed E-state index contributed by atoms with van der Waals surface area (Å²) in [6.07, 6.45) is 1.40. The summed E-state index contributed by atoms with van der Waals surface area (Å²) in [5, 5.41) is 5.60. The van der Waals surface area contributed by atoms with Crippen LogP contribution in [0, 0.1) is 6.92 Å². The number of urea groups is 1. The zero-order valence-electron chi connectivity index (χ0n) is 18.8. The van der Waals surface area contributed by atoms with Gasteiger partial charge < -0.3 is 19.5 Å². The van der Waals surface area contributed by atoms with E-state index in [-0.39, 0.29) is 0 Å². The second-order valence-electron chi connectivity index (χ2n) is 7.25. The van der Waals surface area contributed by atoms with Gasteiger partial charge in [0.2, 0.25) is 5.88 Å². The van der Waals surface area contributed by atoms with Crippen LogP contribution in [0.2, 0.25) is 0 Å². The Morgan fingerprint density at radius 3 is 2.29 bits per heavy atom. The van der Waals surface area contributed by atoms with Gasteiger partial charge in [0, 0.05) is 17.3 Å². The molecule has 9 heteroatoms. The predicted molar refractivity (Wildman–Crippen MR) is 127 cm³/mol. The van der Waals surface area contributed by atoms with Crippen LogP contribution in [0.4, 0.5) is 10.5 Å². The lowest BCUT2D eigenvalue weighted by atomic mass is 10.1. The van der Waals surface area contributed by atoms with E-state index in [1.807, 2.05) is 6.07 Å². The number of amides is 3. The predicted octanol–water partition coefficient (Wildman–Crippen LogP) is 4.71. The van der Waals surface area contributed by atoms with E-state index in [9.17, 15) is 9.59 Å². The quantitative estimate of drug-likeness (QED) is 0.430. The van der Waals surface area contributed by atoms with Gasteiger partial charge >= 0.3 is 6.03 Å². The number of nitrogens with one attached hydrogen (secondary N) is 2. The number of rotatable bonds is 6. The zero-order valence-corrected chi connectivity index (χ0v) is 18.8. The fraction of sp³-hybridized carbons (Fsp3) is 0.120. The van der Waals surface area contributed by atoms with Gasteiger partial charge in [0.15, 0.2) is 11.5 Å². The van der Waals surface area contributed by atoms with E-state index in [4.69, 9.17) is 14.2 Å². The highest BCUT2D eigenvalue weighted by Gasteiger charge is 2.14. The first-order chi connectivity index (χ1) is 16.5. The fourth-order valence-electron chi connectivity index (χ4n) is 3.32. The average Bonchev–Trinajstić information content (AvgIpc) is 2.84. The number of aryl methyl sites for hydroxylation is 1. The number of carbonyl (C=O) groups excluding carboxylic acids is 2. The molecule has 0 spiro atoms. The molecule has 3 amide bonds. The highest BCUT2D eigenvalue weighted by Crippen LogP contribution is 2.35. The van der Waals surface area contributed by atoms with Gasteiger partial charge in [0.05, 0.1) is 25.1 Å². The molecule has 172 valence electrons. The minimum atomic E-state index is -0.634. The summed E-state index contributed by atoms with van der Waals surface area (Å²) in [6.45, 7) is 1.80. The average molecular weight is 458 g/mol. The van der Waals surface area contributed by atoms with E-state index in [0.29, 0.717) is 45.3 Å². The minimum Gasteiger partial charge on any atom is -0.493 e. The third kappa shape index (κ3) is 4.88. The molecular weight excluding hydrogens is 436 g/mol. The van der Waals surface area contributed by atoms with Crippen molar-refractivity contribution in [2.24, 2.45) is 0 Å². The van der Waals surface area contributed by atoms with Crippen molar-refractivity contribution in [1.29, 1.82) is 0 Å². The van der Waals surface area contributed by atoms with Crippen LogP contribution in [0.3, 0.4) is 0 Å². The summed E-state index contributed by atoms with van der Waals surface area (Å²) < 4.78 is 16.6.